The Kier molecular flexibility index (Phi) is 3.42. The van der Waals surface area contributed by atoms with Gasteiger partial charge in [0.2, 0.25) is 0 Å². The summed E-state index contributed by atoms with van der Waals surface area (Å²) in [5, 5.41) is 0. The zero-order valence-corrected chi connectivity index (χ0v) is 9.15. The standard InChI is InChI=1S/C12H15F3/c1-4-8(2)10-5-6-11(9(3)7-10)12(13,14)15/h5-8H,4H2,1-3H3. The lowest BCUT2D eigenvalue weighted by atomic mass is 9.95. The Bertz CT molecular complexity index is 339. The first-order chi connectivity index (χ1) is 6.86. The molecule has 0 aliphatic rings. The fraction of sp³-hybridized carbons (Fsp3) is 0.500. The van der Waals surface area contributed by atoms with Crippen molar-refractivity contribution in [1.82, 2.24) is 0 Å². The van der Waals surface area contributed by atoms with Crippen LogP contribution in [0.5, 0.6) is 0 Å². The molecule has 0 saturated heterocycles. The summed E-state index contributed by atoms with van der Waals surface area (Å²) in [7, 11) is 0. The Morgan fingerprint density at radius 1 is 1.27 bits per heavy atom. The van der Waals surface area contributed by atoms with Crippen LogP contribution in [-0.4, -0.2) is 0 Å². The molecule has 0 N–H and O–H groups in total. The van der Waals surface area contributed by atoms with E-state index < -0.39 is 11.7 Å². The molecule has 1 atom stereocenters. The predicted octanol–water partition coefficient (Wildman–Crippen LogP) is 4.53. The van der Waals surface area contributed by atoms with Gasteiger partial charge in [-0.05, 0) is 36.5 Å². The first-order valence-electron chi connectivity index (χ1n) is 5.04. The average Bonchev–Trinajstić information content (AvgIpc) is 2.14. The summed E-state index contributed by atoms with van der Waals surface area (Å²) in [5.41, 5.74) is 0.748. The van der Waals surface area contributed by atoms with Crippen molar-refractivity contribution in [1.29, 1.82) is 0 Å². The van der Waals surface area contributed by atoms with Crippen LogP contribution in [0.1, 0.15) is 42.9 Å². The van der Waals surface area contributed by atoms with E-state index >= 15 is 0 Å². The maximum absolute atomic E-state index is 12.5. The Hall–Kier alpha value is -0.990. The highest BCUT2D eigenvalue weighted by molar-refractivity contribution is 5.34. The molecule has 1 unspecified atom stereocenters. The minimum absolute atomic E-state index is 0.306. The molecule has 84 valence electrons. The molecule has 0 aliphatic carbocycles. The van der Waals surface area contributed by atoms with Gasteiger partial charge < -0.3 is 0 Å². The smallest absolute Gasteiger partial charge is 0.166 e. The molecular weight excluding hydrogens is 201 g/mol. The zero-order valence-electron chi connectivity index (χ0n) is 9.15. The number of benzene rings is 1. The van der Waals surface area contributed by atoms with Gasteiger partial charge in [-0.15, -0.1) is 0 Å². The Morgan fingerprint density at radius 3 is 2.27 bits per heavy atom. The van der Waals surface area contributed by atoms with E-state index in [2.05, 4.69) is 0 Å². The summed E-state index contributed by atoms with van der Waals surface area (Å²) in [5.74, 6) is 0.311. The second-order valence-electron chi connectivity index (χ2n) is 3.88. The van der Waals surface area contributed by atoms with Gasteiger partial charge in [0.25, 0.3) is 0 Å². The molecular formula is C12H15F3. The molecule has 3 heteroatoms. The molecule has 0 bridgehead atoms. The van der Waals surface area contributed by atoms with Gasteiger partial charge in [-0.25, -0.2) is 0 Å². The highest BCUT2D eigenvalue weighted by atomic mass is 19.4. The number of hydrogen-bond donors (Lipinski definition) is 0. The molecule has 0 heterocycles. The predicted molar refractivity (Wildman–Crippen MR) is 54.9 cm³/mol. The van der Waals surface area contributed by atoms with Gasteiger partial charge in [0, 0.05) is 0 Å². The van der Waals surface area contributed by atoms with Crippen molar-refractivity contribution in [2.75, 3.05) is 0 Å². The SMILES string of the molecule is CCC(C)c1ccc(C(F)(F)F)c(C)c1. The van der Waals surface area contributed by atoms with Gasteiger partial charge in [0.1, 0.15) is 0 Å². The Morgan fingerprint density at radius 2 is 1.87 bits per heavy atom. The lowest BCUT2D eigenvalue weighted by Crippen LogP contribution is -2.08. The van der Waals surface area contributed by atoms with Crippen molar-refractivity contribution in [3.05, 3.63) is 34.9 Å². The van der Waals surface area contributed by atoms with Crippen LogP contribution in [-0.2, 0) is 6.18 Å². The molecule has 0 nitrogen and oxygen atoms in total. The quantitative estimate of drug-likeness (QED) is 0.681. The third-order valence-electron chi connectivity index (χ3n) is 2.74. The van der Waals surface area contributed by atoms with Crippen LogP contribution >= 0.6 is 0 Å². The summed E-state index contributed by atoms with van der Waals surface area (Å²) in [6.07, 6.45) is -3.30. The van der Waals surface area contributed by atoms with Gasteiger partial charge in [0.05, 0.1) is 5.56 Å². The van der Waals surface area contributed by atoms with Crippen molar-refractivity contribution in [2.24, 2.45) is 0 Å². The van der Waals surface area contributed by atoms with Crippen molar-refractivity contribution in [2.45, 2.75) is 39.3 Å². The molecule has 0 saturated carbocycles. The molecule has 0 amide bonds. The monoisotopic (exact) mass is 216 g/mol. The number of halogens is 3. The number of rotatable bonds is 2. The normalized spacial score (nSPS) is 14.0. The lowest BCUT2D eigenvalue weighted by Gasteiger charge is -2.14. The molecule has 0 spiro atoms. The topological polar surface area (TPSA) is 0 Å². The van der Waals surface area contributed by atoms with E-state index in [1.807, 2.05) is 13.8 Å². The Labute approximate surface area is 88.1 Å². The van der Waals surface area contributed by atoms with Gasteiger partial charge in [0.15, 0.2) is 0 Å². The minimum atomic E-state index is -4.24. The fourth-order valence-corrected chi connectivity index (χ4v) is 1.55. The van der Waals surface area contributed by atoms with E-state index in [4.69, 9.17) is 0 Å². The van der Waals surface area contributed by atoms with Crippen molar-refractivity contribution >= 4 is 0 Å². The van der Waals surface area contributed by atoms with Crippen LogP contribution in [0.15, 0.2) is 18.2 Å². The first-order valence-corrected chi connectivity index (χ1v) is 5.04. The summed E-state index contributed by atoms with van der Waals surface area (Å²) < 4.78 is 37.4. The third kappa shape index (κ3) is 2.74. The van der Waals surface area contributed by atoms with Gasteiger partial charge in [-0.3, -0.25) is 0 Å². The summed E-state index contributed by atoms with van der Waals surface area (Å²) >= 11 is 0. The highest BCUT2D eigenvalue weighted by Gasteiger charge is 2.32. The molecule has 0 aromatic heterocycles. The molecule has 0 aliphatic heterocycles. The van der Waals surface area contributed by atoms with Gasteiger partial charge in [-0.1, -0.05) is 26.0 Å². The van der Waals surface area contributed by atoms with Crippen LogP contribution in [0.4, 0.5) is 13.2 Å². The van der Waals surface area contributed by atoms with Crippen molar-refractivity contribution in [3.8, 4) is 0 Å². The van der Waals surface area contributed by atoms with E-state index in [1.165, 1.54) is 13.0 Å². The van der Waals surface area contributed by atoms with Gasteiger partial charge in [-0.2, -0.15) is 13.2 Å². The molecule has 15 heavy (non-hydrogen) atoms. The maximum atomic E-state index is 12.5. The largest absolute Gasteiger partial charge is 0.416 e. The highest BCUT2D eigenvalue weighted by Crippen LogP contribution is 2.33. The molecule has 0 radical (unpaired) electrons. The second-order valence-corrected chi connectivity index (χ2v) is 3.88. The van der Waals surface area contributed by atoms with Crippen molar-refractivity contribution in [3.63, 3.8) is 0 Å². The lowest BCUT2D eigenvalue weighted by molar-refractivity contribution is -0.138. The van der Waals surface area contributed by atoms with Crippen molar-refractivity contribution < 1.29 is 13.2 Å². The van der Waals surface area contributed by atoms with Crippen LogP contribution in [0.3, 0.4) is 0 Å². The van der Waals surface area contributed by atoms with E-state index in [1.54, 1.807) is 12.1 Å². The first kappa shape index (κ1) is 12.1. The van der Waals surface area contributed by atoms with Crippen LogP contribution < -0.4 is 0 Å². The summed E-state index contributed by atoms with van der Waals surface area (Å²) in [4.78, 5) is 0. The minimum Gasteiger partial charge on any atom is -0.166 e. The number of hydrogen-bond acceptors (Lipinski definition) is 0. The van der Waals surface area contributed by atoms with E-state index in [9.17, 15) is 13.2 Å². The Balaban J connectivity index is 3.09. The number of aryl methyl sites for hydroxylation is 1. The average molecular weight is 216 g/mol. The maximum Gasteiger partial charge on any atom is 0.416 e. The molecule has 1 rings (SSSR count). The molecule has 0 fully saturated rings. The van der Waals surface area contributed by atoms with Crippen LogP contribution in [0.2, 0.25) is 0 Å². The van der Waals surface area contributed by atoms with Crippen LogP contribution in [0.25, 0.3) is 0 Å². The van der Waals surface area contributed by atoms with E-state index in [0.717, 1.165) is 12.0 Å². The third-order valence-corrected chi connectivity index (χ3v) is 2.74. The molecule has 1 aromatic carbocycles. The molecule has 1 aromatic rings. The van der Waals surface area contributed by atoms with Crippen LogP contribution in [0, 0.1) is 6.92 Å². The van der Waals surface area contributed by atoms with Gasteiger partial charge >= 0.3 is 6.18 Å². The zero-order chi connectivity index (χ0) is 11.6. The summed E-state index contributed by atoms with van der Waals surface area (Å²) in [6.45, 7) is 5.55. The second kappa shape index (κ2) is 4.25. The number of alkyl halides is 3. The summed E-state index contributed by atoms with van der Waals surface area (Å²) in [6, 6.07) is 4.39. The fourth-order valence-electron chi connectivity index (χ4n) is 1.55. The van der Waals surface area contributed by atoms with E-state index in [0.29, 0.717) is 11.5 Å². The van der Waals surface area contributed by atoms with E-state index in [-0.39, 0.29) is 0 Å².